The number of nitrogens with one attached hydrogen (secondary N) is 1. The molecule has 3 aromatic rings. The number of rotatable bonds is 9. The normalized spacial score (nSPS) is 10.3. The molecule has 6 heteroatoms. The average Bonchev–Trinajstić information content (AvgIpc) is 3.21. The van der Waals surface area contributed by atoms with Crippen LogP contribution in [0.1, 0.15) is 22.5 Å². The van der Waals surface area contributed by atoms with Crippen molar-refractivity contribution in [3.63, 3.8) is 0 Å². The Kier molecular flexibility index (Phi) is 6.61. The van der Waals surface area contributed by atoms with Gasteiger partial charge in [-0.3, -0.25) is 4.79 Å². The standard InChI is InChI=1S/C20H20N2O3S/c23-20(21-10-5-11-24-18-7-2-1-3-8-18)16-6-4-9-19(12-16)25-13-17-14-26-15-22-17/h1-4,6-9,12,14-15H,5,10-11,13H2,(H,21,23). The third-order valence-corrected chi connectivity index (χ3v) is 4.22. The molecule has 3 rings (SSSR count). The Morgan fingerprint density at radius 1 is 1.04 bits per heavy atom. The van der Waals surface area contributed by atoms with Gasteiger partial charge in [-0.25, -0.2) is 4.98 Å². The number of benzene rings is 2. The van der Waals surface area contributed by atoms with E-state index < -0.39 is 0 Å². The third kappa shape index (κ3) is 5.60. The molecular weight excluding hydrogens is 348 g/mol. The molecule has 0 saturated carbocycles. The quantitative estimate of drug-likeness (QED) is 0.582. The molecule has 0 bridgehead atoms. The van der Waals surface area contributed by atoms with Crippen LogP contribution in [-0.4, -0.2) is 24.0 Å². The minimum atomic E-state index is -0.121. The van der Waals surface area contributed by atoms with Crippen molar-refractivity contribution in [3.05, 3.63) is 76.7 Å². The molecule has 1 amide bonds. The molecule has 0 unspecified atom stereocenters. The molecule has 0 aliphatic heterocycles. The molecule has 0 fully saturated rings. The second kappa shape index (κ2) is 9.58. The van der Waals surface area contributed by atoms with Gasteiger partial charge in [-0.15, -0.1) is 11.3 Å². The van der Waals surface area contributed by atoms with Crippen LogP contribution in [0.2, 0.25) is 0 Å². The number of para-hydroxylation sites is 1. The van der Waals surface area contributed by atoms with E-state index in [1.54, 1.807) is 17.6 Å². The smallest absolute Gasteiger partial charge is 0.251 e. The Labute approximate surface area is 156 Å². The van der Waals surface area contributed by atoms with Gasteiger partial charge < -0.3 is 14.8 Å². The highest BCUT2D eigenvalue weighted by Crippen LogP contribution is 2.15. The van der Waals surface area contributed by atoms with Gasteiger partial charge in [-0.1, -0.05) is 24.3 Å². The maximum Gasteiger partial charge on any atom is 0.251 e. The van der Waals surface area contributed by atoms with E-state index in [2.05, 4.69) is 10.3 Å². The number of thiazole rings is 1. The van der Waals surface area contributed by atoms with Crippen LogP contribution < -0.4 is 14.8 Å². The molecule has 0 atom stereocenters. The number of carbonyl (C=O) groups is 1. The van der Waals surface area contributed by atoms with Crippen molar-refractivity contribution in [2.24, 2.45) is 0 Å². The molecule has 0 aliphatic carbocycles. The summed E-state index contributed by atoms with van der Waals surface area (Å²) in [6.07, 6.45) is 0.737. The van der Waals surface area contributed by atoms with Crippen LogP contribution in [0.4, 0.5) is 0 Å². The van der Waals surface area contributed by atoms with Crippen LogP contribution in [0.3, 0.4) is 0 Å². The summed E-state index contributed by atoms with van der Waals surface area (Å²) in [4.78, 5) is 16.4. The van der Waals surface area contributed by atoms with E-state index in [-0.39, 0.29) is 5.91 Å². The molecule has 1 aromatic heterocycles. The highest BCUT2D eigenvalue weighted by Gasteiger charge is 2.07. The van der Waals surface area contributed by atoms with Crippen molar-refractivity contribution in [3.8, 4) is 11.5 Å². The number of aromatic nitrogens is 1. The molecule has 1 heterocycles. The van der Waals surface area contributed by atoms with Gasteiger partial charge in [0.25, 0.3) is 5.91 Å². The highest BCUT2D eigenvalue weighted by molar-refractivity contribution is 7.07. The van der Waals surface area contributed by atoms with Gasteiger partial charge in [0, 0.05) is 17.5 Å². The van der Waals surface area contributed by atoms with Crippen molar-refractivity contribution in [2.75, 3.05) is 13.2 Å². The number of carbonyl (C=O) groups excluding carboxylic acids is 1. The zero-order chi connectivity index (χ0) is 18.0. The predicted molar refractivity (Wildman–Crippen MR) is 102 cm³/mol. The fourth-order valence-electron chi connectivity index (χ4n) is 2.28. The predicted octanol–water partition coefficient (Wildman–Crippen LogP) is 3.92. The van der Waals surface area contributed by atoms with Gasteiger partial charge >= 0.3 is 0 Å². The Morgan fingerprint density at radius 3 is 2.69 bits per heavy atom. The number of ether oxygens (including phenoxy) is 2. The fraction of sp³-hybridized carbons (Fsp3) is 0.200. The van der Waals surface area contributed by atoms with Crippen LogP contribution in [0.15, 0.2) is 65.5 Å². The molecule has 1 N–H and O–H groups in total. The lowest BCUT2D eigenvalue weighted by Gasteiger charge is -2.09. The summed E-state index contributed by atoms with van der Waals surface area (Å²) in [7, 11) is 0. The van der Waals surface area contributed by atoms with E-state index in [4.69, 9.17) is 9.47 Å². The summed E-state index contributed by atoms with van der Waals surface area (Å²) < 4.78 is 11.3. The van der Waals surface area contributed by atoms with Crippen molar-refractivity contribution in [2.45, 2.75) is 13.0 Å². The fourth-order valence-corrected chi connectivity index (χ4v) is 2.82. The molecular formula is C20H20N2O3S. The summed E-state index contributed by atoms with van der Waals surface area (Å²) in [5.74, 6) is 1.37. The van der Waals surface area contributed by atoms with E-state index in [9.17, 15) is 4.79 Å². The minimum absolute atomic E-state index is 0.121. The number of hydrogen-bond donors (Lipinski definition) is 1. The van der Waals surface area contributed by atoms with Gasteiger partial charge in [0.2, 0.25) is 0 Å². The maximum absolute atomic E-state index is 12.2. The van der Waals surface area contributed by atoms with Crippen molar-refractivity contribution in [1.29, 1.82) is 0 Å². The Morgan fingerprint density at radius 2 is 1.88 bits per heavy atom. The topological polar surface area (TPSA) is 60.5 Å². The molecule has 26 heavy (non-hydrogen) atoms. The van der Waals surface area contributed by atoms with E-state index in [1.165, 1.54) is 11.3 Å². The number of amides is 1. The lowest BCUT2D eigenvalue weighted by Crippen LogP contribution is -2.25. The van der Waals surface area contributed by atoms with Crippen LogP contribution >= 0.6 is 11.3 Å². The van der Waals surface area contributed by atoms with Gasteiger partial charge in [0.1, 0.15) is 18.1 Å². The zero-order valence-corrected chi connectivity index (χ0v) is 15.1. The average molecular weight is 368 g/mol. The molecule has 0 radical (unpaired) electrons. The van der Waals surface area contributed by atoms with Crippen molar-refractivity contribution in [1.82, 2.24) is 10.3 Å². The van der Waals surface area contributed by atoms with E-state index in [0.717, 1.165) is 17.9 Å². The van der Waals surface area contributed by atoms with Crippen LogP contribution in [-0.2, 0) is 6.61 Å². The summed E-state index contributed by atoms with van der Waals surface area (Å²) in [6.45, 7) is 1.50. The first-order valence-electron chi connectivity index (χ1n) is 8.37. The SMILES string of the molecule is O=C(NCCCOc1ccccc1)c1cccc(OCc2cscn2)c1. The first-order chi connectivity index (χ1) is 12.8. The van der Waals surface area contributed by atoms with E-state index >= 15 is 0 Å². The van der Waals surface area contributed by atoms with Gasteiger partial charge in [0.05, 0.1) is 17.8 Å². The molecule has 0 aliphatic rings. The summed E-state index contributed by atoms with van der Waals surface area (Å²) in [5.41, 5.74) is 3.22. The molecule has 0 saturated heterocycles. The van der Waals surface area contributed by atoms with Gasteiger partial charge in [-0.2, -0.15) is 0 Å². The zero-order valence-electron chi connectivity index (χ0n) is 14.3. The highest BCUT2D eigenvalue weighted by atomic mass is 32.1. The minimum Gasteiger partial charge on any atom is -0.494 e. The summed E-state index contributed by atoms with van der Waals surface area (Å²) >= 11 is 1.53. The Hall–Kier alpha value is -2.86. The van der Waals surface area contributed by atoms with E-state index in [0.29, 0.717) is 31.1 Å². The second-order valence-electron chi connectivity index (χ2n) is 5.57. The number of hydrogen-bond acceptors (Lipinski definition) is 5. The van der Waals surface area contributed by atoms with E-state index in [1.807, 2.05) is 47.8 Å². The molecule has 0 spiro atoms. The number of nitrogens with zero attached hydrogens (tertiary/aromatic N) is 1. The third-order valence-electron chi connectivity index (χ3n) is 3.59. The molecule has 5 nitrogen and oxygen atoms in total. The van der Waals surface area contributed by atoms with Gasteiger partial charge in [0.15, 0.2) is 0 Å². The summed E-state index contributed by atoms with van der Waals surface area (Å²) in [5, 5.41) is 4.84. The van der Waals surface area contributed by atoms with Crippen molar-refractivity contribution < 1.29 is 14.3 Å². The molecule has 134 valence electrons. The van der Waals surface area contributed by atoms with Gasteiger partial charge in [-0.05, 0) is 36.8 Å². The summed E-state index contributed by atoms with van der Waals surface area (Å²) in [6, 6.07) is 16.8. The Balaban J connectivity index is 1.40. The largest absolute Gasteiger partial charge is 0.494 e. The van der Waals surface area contributed by atoms with Crippen LogP contribution in [0, 0.1) is 0 Å². The van der Waals surface area contributed by atoms with Crippen molar-refractivity contribution >= 4 is 17.2 Å². The van der Waals surface area contributed by atoms with Crippen LogP contribution in [0.25, 0.3) is 0 Å². The monoisotopic (exact) mass is 368 g/mol. The first kappa shape index (κ1) is 17.9. The Bertz CT molecular complexity index is 807. The maximum atomic E-state index is 12.2. The first-order valence-corrected chi connectivity index (χ1v) is 9.31. The lowest BCUT2D eigenvalue weighted by molar-refractivity contribution is 0.0951. The van der Waals surface area contributed by atoms with Crippen LogP contribution in [0.5, 0.6) is 11.5 Å². The second-order valence-corrected chi connectivity index (χ2v) is 6.29. The lowest BCUT2D eigenvalue weighted by atomic mass is 10.2. The molecule has 2 aromatic carbocycles.